The number of benzene rings is 3. The molecule has 6 rings (SSSR count). The van der Waals surface area contributed by atoms with Crippen molar-refractivity contribution >= 4 is 86.9 Å². The third-order valence-corrected chi connectivity index (χ3v) is 13.7. The monoisotopic (exact) mass is 1160 g/mol. The van der Waals surface area contributed by atoms with Gasteiger partial charge in [0.1, 0.15) is 23.8 Å². The highest BCUT2D eigenvalue weighted by Gasteiger charge is 2.37. The first-order valence-corrected chi connectivity index (χ1v) is 27.3. The molecule has 5 aromatic rings. The maximum Gasteiger partial charge on any atom is 0.416 e. The number of para-hydroxylation sites is 1. The molecule has 412 valence electrons. The lowest BCUT2D eigenvalue weighted by atomic mass is 10.0. The second-order valence-corrected chi connectivity index (χ2v) is 22.3. The van der Waals surface area contributed by atoms with Crippen LogP contribution in [0.4, 0.5) is 43.5 Å². The number of aromatic nitrogens is 3. The van der Waals surface area contributed by atoms with E-state index < -0.39 is 79.8 Å². The first kappa shape index (κ1) is 63.7. The van der Waals surface area contributed by atoms with E-state index in [-0.39, 0.29) is 63.2 Å². The highest BCUT2D eigenvalue weighted by Crippen LogP contribution is 2.43. The number of nitrogens with zero attached hydrogens (tertiary/aromatic N) is 5. The Balaban J connectivity index is 0.000000272. The van der Waals surface area contributed by atoms with E-state index >= 15 is 0 Å². The Kier molecular flexibility index (Phi) is 22.5. The summed E-state index contributed by atoms with van der Waals surface area (Å²) < 4.78 is 122. The Morgan fingerprint density at radius 1 is 1.04 bits per heavy atom. The van der Waals surface area contributed by atoms with Gasteiger partial charge in [0.2, 0.25) is 11.7 Å². The number of hydrogen-bond acceptors (Lipinski definition) is 14. The minimum atomic E-state index is -4.71. The van der Waals surface area contributed by atoms with Gasteiger partial charge in [-0.3, -0.25) is 29.1 Å². The molecule has 1 saturated carbocycles. The number of methoxy groups -OCH3 is 1. The number of anilines is 2. The van der Waals surface area contributed by atoms with Crippen molar-refractivity contribution < 1.29 is 77.9 Å². The van der Waals surface area contributed by atoms with Crippen LogP contribution in [0.3, 0.4) is 0 Å². The summed E-state index contributed by atoms with van der Waals surface area (Å²) in [6.45, 7) is 7.74. The molecule has 1 amide bonds. The molecule has 0 radical (unpaired) electrons. The van der Waals surface area contributed by atoms with Crippen LogP contribution in [0, 0.1) is 17.0 Å². The number of alkyl halides is 7. The van der Waals surface area contributed by atoms with Crippen molar-refractivity contribution in [2.45, 2.75) is 81.7 Å². The molecule has 2 heterocycles. The Hall–Kier alpha value is -5.60. The van der Waals surface area contributed by atoms with E-state index in [0.717, 1.165) is 59.3 Å². The molecule has 1 fully saturated rings. The number of carboxylic acids is 1. The number of nitrogen functional groups attached to an aromatic ring is 1. The number of amides is 1. The summed E-state index contributed by atoms with van der Waals surface area (Å²) in [6, 6.07) is 8.33. The number of carbonyl (C=O) groups excluding carboxylic acids is 2. The molecule has 0 saturated heterocycles. The lowest BCUT2D eigenvalue weighted by molar-refractivity contribution is -0.383. The zero-order valence-corrected chi connectivity index (χ0v) is 44.6. The van der Waals surface area contributed by atoms with Crippen LogP contribution in [-0.2, 0) is 47.5 Å². The third kappa shape index (κ3) is 17.7. The molecule has 6 N–H and O–H groups in total. The maximum atomic E-state index is 12.8. The minimum Gasteiger partial charge on any atom is -0.480 e. The third-order valence-electron chi connectivity index (χ3n) is 10.6. The first-order valence-electron chi connectivity index (χ1n) is 21.8. The number of nitrogens with two attached hydrogens (primary N) is 2. The second-order valence-electron chi connectivity index (χ2n) is 16.7. The van der Waals surface area contributed by atoms with Gasteiger partial charge in [-0.2, -0.15) is 31.4 Å². The van der Waals surface area contributed by atoms with Crippen LogP contribution in [0.1, 0.15) is 83.0 Å². The molecular weight excluding hydrogens is 1110 g/mol. The average Bonchev–Trinajstić information content (AvgIpc) is 3.91. The van der Waals surface area contributed by atoms with Gasteiger partial charge in [-0.05, 0) is 81.0 Å². The number of ketones is 1. The van der Waals surface area contributed by atoms with Gasteiger partial charge in [0.05, 0.1) is 61.1 Å². The van der Waals surface area contributed by atoms with Crippen LogP contribution < -0.4 is 16.4 Å². The van der Waals surface area contributed by atoms with Gasteiger partial charge in [0.25, 0.3) is 0 Å². The van der Waals surface area contributed by atoms with Crippen LogP contribution in [-0.4, -0.2) is 107 Å². The lowest BCUT2D eigenvalue weighted by Crippen LogP contribution is -2.43. The van der Waals surface area contributed by atoms with E-state index in [1.807, 2.05) is 26.0 Å². The highest BCUT2D eigenvalue weighted by molar-refractivity contribution is 7.90. The number of halogens is 9. The van der Waals surface area contributed by atoms with Gasteiger partial charge in [-0.25, -0.2) is 13.1 Å². The zero-order valence-electron chi connectivity index (χ0n) is 40.6. The highest BCUT2D eigenvalue weighted by atomic mass is 35.5. The topological polar surface area (TPSA) is 294 Å². The van der Waals surface area contributed by atoms with Crippen molar-refractivity contribution in [2.24, 2.45) is 5.73 Å². The predicted molar refractivity (Wildman–Crippen MR) is 267 cm³/mol. The fourth-order valence-corrected chi connectivity index (χ4v) is 9.25. The molecule has 0 bridgehead atoms. The molecule has 2 aromatic heterocycles. The van der Waals surface area contributed by atoms with Crippen LogP contribution in [0.2, 0.25) is 10.0 Å². The lowest BCUT2D eigenvalue weighted by Gasteiger charge is -2.31. The van der Waals surface area contributed by atoms with E-state index in [1.165, 1.54) is 12.9 Å². The fourth-order valence-electron chi connectivity index (χ4n) is 6.82. The van der Waals surface area contributed by atoms with Crippen LogP contribution in [0.5, 0.6) is 0 Å². The van der Waals surface area contributed by atoms with Crippen molar-refractivity contribution in [3.05, 3.63) is 120 Å². The summed E-state index contributed by atoms with van der Waals surface area (Å²) >= 11 is 17.3. The van der Waals surface area contributed by atoms with Crippen molar-refractivity contribution in [3.63, 3.8) is 0 Å². The summed E-state index contributed by atoms with van der Waals surface area (Å²) in [6.07, 6.45) is -4.05. The number of hydrogen-bond donors (Lipinski definition) is 4. The Labute approximate surface area is 440 Å². The van der Waals surface area contributed by atoms with Crippen molar-refractivity contribution in [1.29, 1.82) is 0 Å². The number of ether oxygens (including phenoxy) is 1. The van der Waals surface area contributed by atoms with Gasteiger partial charge in [0, 0.05) is 37.7 Å². The van der Waals surface area contributed by atoms with Crippen LogP contribution in [0.25, 0.3) is 5.69 Å². The fraction of sp³-hybridized carbons (Fsp3) is 0.400. The molecule has 3 unspecified atom stereocenters. The Morgan fingerprint density at radius 2 is 1.63 bits per heavy atom. The van der Waals surface area contributed by atoms with E-state index in [0.29, 0.717) is 36.6 Å². The normalized spacial score (nSPS) is 14.1. The minimum absolute atomic E-state index is 0.0223. The molecule has 1 aliphatic rings. The number of sulfone groups is 1. The van der Waals surface area contributed by atoms with Crippen LogP contribution in [0.15, 0.2) is 70.3 Å². The Morgan fingerprint density at radius 3 is 2.08 bits per heavy atom. The maximum absolute atomic E-state index is 12.8. The quantitative estimate of drug-likeness (QED) is 0.0178. The molecule has 3 atom stereocenters. The van der Waals surface area contributed by atoms with Gasteiger partial charge in [-0.15, -0.1) is 11.6 Å². The molecule has 3 aromatic carbocycles. The smallest absolute Gasteiger partial charge is 0.416 e. The van der Waals surface area contributed by atoms with Crippen molar-refractivity contribution in [1.82, 2.24) is 14.9 Å². The first-order chi connectivity index (χ1) is 34.6. The number of aliphatic carboxylic acids is 1. The van der Waals surface area contributed by atoms with Gasteiger partial charge >= 0.3 is 24.0 Å². The number of rotatable bonds is 16. The van der Waals surface area contributed by atoms with Crippen molar-refractivity contribution in [3.8, 4) is 5.69 Å². The standard InChI is InChI=1S/C15H22ClNO2.C15H12F3NO4S.C10H5Cl2F3N4O2.C5H12NO4P/c1-5-13-8-6-7-11(2)15(13)17(14(18)9-16)12(3)10-19-4;1-24(21,22)12-6-9(15(16,17)18)4-5-10(12)13(20)11-7-19-23-14(11)8-2-3-8;11-5-1-4(10(13,14)15)2-6(12)8(5)18-9(16)7(3-17-18)19(20)21;1-11(9,10)3-2-4(6)5(7)8/h6-8,12H,5,9-10H2,1-4H3;4-8H,2-3H2,1H3;1-3H,16H2;4H,2-3,6H2,1H3,(H,7,8)(H,9,10). The molecule has 1 aliphatic carbocycles. The SMILES string of the molecule is CCc1cccc(C)c1N(C(=O)CCl)C(C)COC.CP(=O)(O)CCC(N)C(=O)O.CS(=O)(=O)c1cc(C(F)(F)F)ccc1C(=O)c1cnoc1C1CC1.Nc1c([N+](=O)[O-])cnn1-c1c(Cl)cc(C(F)(F)F)cc1Cl. The average molecular weight is 1170 g/mol. The summed E-state index contributed by atoms with van der Waals surface area (Å²) in [5.74, 6) is -1.97. The number of aryl methyl sites for hydroxylation is 2. The molecule has 75 heavy (non-hydrogen) atoms. The van der Waals surface area contributed by atoms with E-state index in [1.54, 1.807) is 12.0 Å². The molecule has 19 nitrogen and oxygen atoms in total. The second kappa shape index (κ2) is 26.4. The number of carboxylic acid groups (broad SMARTS) is 1. The zero-order chi connectivity index (χ0) is 57.1. The van der Waals surface area contributed by atoms with Crippen LogP contribution >= 0.6 is 42.2 Å². The summed E-state index contributed by atoms with van der Waals surface area (Å²) in [7, 11) is -5.51. The predicted octanol–water partition coefficient (Wildman–Crippen LogP) is 9.75. The largest absolute Gasteiger partial charge is 0.480 e. The summed E-state index contributed by atoms with van der Waals surface area (Å²) in [5.41, 5.74) is 10.7. The van der Waals surface area contributed by atoms with E-state index in [9.17, 15) is 63.8 Å². The summed E-state index contributed by atoms with van der Waals surface area (Å²) in [4.78, 5) is 54.7. The summed E-state index contributed by atoms with van der Waals surface area (Å²) in [5, 5.41) is 25.4. The molecule has 0 spiro atoms. The molecular formula is C45H51Cl3F6N7O12PS. The van der Waals surface area contributed by atoms with E-state index in [4.69, 9.17) is 65.5 Å². The van der Waals surface area contributed by atoms with Gasteiger partial charge in [0.15, 0.2) is 28.7 Å². The molecule has 0 aliphatic heterocycles. The van der Waals surface area contributed by atoms with Crippen molar-refractivity contribution in [2.75, 3.05) is 49.3 Å². The Bertz CT molecular complexity index is 3000. The van der Waals surface area contributed by atoms with Gasteiger partial charge < -0.3 is 35.6 Å². The number of carbonyl (C=O) groups is 3. The van der Waals surface area contributed by atoms with E-state index in [2.05, 4.69) is 23.2 Å². The molecule has 30 heteroatoms. The van der Waals surface area contributed by atoms with Gasteiger partial charge in [-0.1, -0.05) is 53.5 Å². The number of nitro groups is 1.